The summed E-state index contributed by atoms with van der Waals surface area (Å²) in [6.45, 7) is -1.51. The number of aliphatic hydroxyl groups excluding tert-OH is 2. The first-order valence-electron chi connectivity index (χ1n) is 25.4. The maximum absolute atomic E-state index is 14.3. The van der Waals surface area contributed by atoms with Crippen LogP contribution in [0.5, 0.6) is 0 Å². The van der Waals surface area contributed by atoms with Gasteiger partial charge in [-0.15, -0.1) is 11.3 Å². The lowest BCUT2D eigenvalue weighted by Gasteiger charge is -2.33. The molecule has 3 fully saturated rings. The standard InChI is InChI=1S/C46H74N18O13S/c47-44(48)53-13-1-6-25(23-65)57-38(71)27(8-2-14-54-45(49)50)60-40(73)32-10-4-16-63(32)42(75)36-33(67)12-18-64(36)35(69)21-56-37(70)30(20-26-7-5-19-78-26)61-39(72)31(24-66)58-28-11-17-62(41(28)74)22-34(68)59-29(43(76)77)9-3-15-55-46(51)52/h5,7,19,23,25,27-33,36,58,66-67H,1-4,6,8-18,20-22,24H2,(H,56,70)(H,57,71)(H,59,68)(H,60,73)(H,61,72)(H,76,77)(H4,47,48,53)(H4,49,50,54)(H4,51,52,55)/t25-,27+,28-,29+,30+,31+,32+,33?,36+/m1/s1. The first-order chi connectivity index (χ1) is 37.1. The Kier molecular flexibility index (Phi) is 25.4. The number of thiophene rings is 1. The predicted octanol–water partition coefficient (Wildman–Crippen LogP) is -7.71. The van der Waals surface area contributed by atoms with E-state index in [4.69, 9.17) is 34.4 Å². The summed E-state index contributed by atoms with van der Waals surface area (Å²) in [5.41, 5.74) is 32.2. The summed E-state index contributed by atoms with van der Waals surface area (Å²) in [5.74, 6) is -7.75. The fourth-order valence-electron chi connectivity index (χ4n) is 9.02. The number of carboxylic acid groups (broad SMARTS) is 1. The van der Waals surface area contributed by atoms with Gasteiger partial charge in [-0.1, -0.05) is 6.07 Å². The monoisotopic (exact) mass is 1120 g/mol. The van der Waals surface area contributed by atoms with Gasteiger partial charge in [0.15, 0.2) is 17.9 Å². The van der Waals surface area contributed by atoms with Gasteiger partial charge in [-0.2, -0.15) is 0 Å². The Labute approximate surface area is 453 Å². The molecule has 0 radical (unpaired) electrons. The summed E-state index contributed by atoms with van der Waals surface area (Å²) in [6.07, 6.45) is 0.836. The molecule has 78 heavy (non-hydrogen) atoms. The molecule has 32 heteroatoms. The topological polar surface area (TPSA) is 506 Å². The minimum atomic E-state index is -1.45. The highest BCUT2D eigenvalue weighted by molar-refractivity contribution is 7.09. The van der Waals surface area contributed by atoms with Crippen molar-refractivity contribution in [2.45, 2.75) is 125 Å². The van der Waals surface area contributed by atoms with Gasteiger partial charge in [0.2, 0.25) is 47.3 Å². The number of carbonyl (C=O) groups is 10. The molecule has 31 nitrogen and oxygen atoms in total. The van der Waals surface area contributed by atoms with Crippen molar-refractivity contribution in [3.8, 4) is 0 Å². The van der Waals surface area contributed by atoms with Crippen LogP contribution in [-0.2, 0) is 54.4 Å². The van der Waals surface area contributed by atoms with Crippen LogP contribution in [0.4, 0.5) is 0 Å². The van der Waals surface area contributed by atoms with Crippen LogP contribution in [0.15, 0.2) is 32.5 Å². The molecule has 0 aromatic carbocycles. The number of likely N-dealkylation sites (tertiary alicyclic amines) is 3. The molecule has 4 rings (SSSR count). The smallest absolute Gasteiger partial charge is 0.326 e. The third-order valence-corrected chi connectivity index (χ3v) is 13.9. The lowest BCUT2D eigenvalue weighted by atomic mass is 10.1. The van der Waals surface area contributed by atoms with Gasteiger partial charge in [-0.25, -0.2) is 4.79 Å². The van der Waals surface area contributed by atoms with Gasteiger partial charge in [-0.3, -0.25) is 58.7 Å². The Bertz CT molecular complexity index is 2350. The molecule has 1 aromatic heterocycles. The van der Waals surface area contributed by atoms with Crippen molar-refractivity contribution in [2.75, 3.05) is 59.0 Å². The fourth-order valence-corrected chi connectivity index (χ4v) is 9.77. The van der Waals surface area contributed by atoms with E-state index in [0.29, 0.717) is 24.0 Å². The summed E-state index contributed by atoms with van der Waals surface area (Å²) in [4.78, 5) is 149. The van der Waals surface area contributed by atoms with Gasteiger partial charge in [0, 0.05) is 50.6 Å². The first kappa shape index (κ1) is 62.8. The van der Waals surface area contributed by atoms with Crippen molar-refractivity contribution in [1.82, 2.24) is 46.6 Å². The Morgan fingerprint density at radius 3 is 1.96 bits per heavy atom. The number of amides is 8. The van der Waals surface area contributed by atoms with Crippen molar-refractivity contribution in [2.24, 2.45) is 49.4 Å². The highest BCUT2D eigenvalue weighted by Gasteiger charge is 2.47. The summed E-state index contributed by atoms with van der Waals surface area (Å²) < 4.78 is 0. The number of carbonyl (C=O) groups excluding carboxylic acids is 9. The molecule has 0 aliphatic carbocycles. The van der Waals surface area contributed by atoms with Crippen molar-refractivity contribution in [3.05, 3.63) is 22.4 Å². The largest absolute Gasteiger partial charge is 0.480 e. The van der Waals surface area contributed by atoms with E-state index in [1.807, 2.05) is 0 Å². The molecule has 1 aromatic rings. The first-order valence-corrected chi connectivity index (χ1v) is 26.3. The van der Waals surface area contributed by atoms with Crippen molar-refractivity contribution in [3.63, 3.8) is 0 Å². The van der Waals surface area contributed by atoms with E-state index in [-0.39, 0.29) is 115 Å². The lowest BCUT2D eigenvalue weighted by molar-refractivity contribution is -0.149. The average molecular weight is 1120 g/mol. The molecular formula is C46H74N18O13S. The van der Waals surface area contributed by atoms with E-state index in [1.165, 1.54) is 16.2 Å². The summed E-state index contributed by atoms with van der Waals surface area (Å²) in [7, 11) is 0. The third-order valence-electron chi connectivity index (χ3n) is 13.0. The maximum atomic E-state index is 14.3. The molecule has 3 saturated heterocycles. The van der Waals surface area contributed by atoms with Gasteiger partial charge in [0.05, 0.1) is 37.9 Å². The Balaban J connectivity index is 1.37. The molecule has 3 aliphatic rings. The third kappa shape index (κ3) is 19.7. The number of aliphatic carboxylic acids is 1. The van der Waals surface area contributed by atoms with E-state index in [9.17, 15) is 63.3 Å². The number of aliphatic hydroxyl groups is 2. The van der Waals surface area contributed by atoms with Crippen molar-refractivity contribution >= 4 is 88.7 Å². The molecule has 0 spiro atoms. The van der Waals surface area contributed by atoms with Gasteiger partial charge in [-0.05, 0) is 75.7 Å². The minimum Gasteiger partial charge on any atom is -0.480 e. The predicted molar refractivity (Wildman–Crippen MR) is 282 cm³/mol. The van der Waals surface area contributed by atoms with E-state index in [2.05, 4.69) is 46.9 Å². The molecule has 21 N–H and O–H groups in total. The highest BCUT2D eigenvalue weighted by atomic mass is 32.1. The molecule has 3 aliphatic heterocycles. The second-order valence-electron chi connectivity index (χ2n) is 18.8. The quantitative estimate of drug-likeness (QED) is 0.0138. The summed E-state index contributed by atoms with van der Waals surface area (Å²) in [5, 5.41) is 48.2. The molecule has 8 amide bonds. The molecule has 0 saturated carbocycles. The molecule has 432 valence electrons. The van der Waals surface area contributed by atoms with Crippen LogP contribution in [0, 0.1) is 0 Å². The Hall–Kier alpha value is -7.71. The number of aliphatic imine (C=N–C) groups is 3. The number of guanidine groups is 3. The average Bonchev–Trinajstić information content (AvgIpc) is 4.27. The van der Waals surface area contributed by atoms with Crippen LogP contribution in [0.3, 0.4) is 0 Å². The van der Waals surface area contributed by atoms with E-state index in [0.717, 1.165) is 9.80 Å². The van der Waals surface area contributed by atoms with Crippen molar-refractivity contribution in [1.29, 1.82) is 0 Å². The van der Waals surface area contributed by atoms with Gasteiger partial charge < -0.3 is 95.8 Å². The number of aldehydes is 1. The molecule has 1 unspecified atom stereocenters. The number of rotatable bonds is 32. The minimum absolute atomic E-state index is 0.00983. The van der Waals surface area contributed by atoms with Gasteiger partial charge in [0.25, 0.3) is 0 Å². The lowest BCUT2D eigenvalue weighted by Crippen LogP contribution is -2.59. The number of nitrogens with one attached hydrogen (secondary N) is 6. The normalized spacial score (nSPS) is 19.8. The number of hydrogen-bond donors (Lipinski definition) is 15. The number of carboxylic acids is 1. The summed E-state index contributed by atoms with van der Waals surface area (Å²) >= 11 is 1.28. The second kappa shape index (κ2) is 31.5. The van der Waals surface area contributed by atoms with Crippen LogP contribution >= 0.6 is 11.3 Å². The molecular weight excluding hydrogens is 1040 g/mol. The zero-order chi connectivity index (χ0) is 57.5. The van der Waals surface area contributed by atoms with Gasteiger partial charge in [0.1, 0.15) is 42.5 Å². The van der Waals surface area contributed by atoms with Crippen molar-refractivity contribution < 1.29 is 63.3 Å². The van der Waals surface area contributed by atoms with Crippen LogP contribution in [0.1, 0.15) is 69.1 Å². The Morgan fingerprint density at radius 1 is 0.744 bits per heavy atom. The van der Waals surface area contributed by atoms with E-state index < -0.39 is 127 Å². The molecule has 4 heterocycles. The molecule has 0 bridgehead atoms. The molecule has 9 atom stereocenters. The van der Waals surface area contributed by atoms with E-state index >= 15 is 0 Å². The zero-order valence-corrected chi connectivity index (χ0v) is 43.9. The van der Waals surface area contributed by atoms with Crippen LogP contribution < -0.4 is 66.3 Å². The van der Waals surface area contributed by atoms with Gasteiger partial charge >= 0.3 is 5.97 Å². The maximum Gasteiger partial charge on any atom is 0.326 e. The highest BCUT2D eigenvalue weighted by Crippen LogP contribution is 2.26. The summed E-state index contributed by atoms with van der Waals surface area (Å²) in [6, 6.07) is -6.37. The van der Waals surface area contributed by atoms with Crippen LogP contribution in [0.2, 0.25) is 0 Å². The fraction of sp³-hybridized carbons (Fsp3) is 0.630. The Morgan fingerprint density at radius 2 is 1.37 bits per heavy atom. The number of nitrogens with two attached hydrogens (primary N) is 6. The van der Waals surface area contributed by atoms with Crippen LogP contribution in [0.25, 0.3) is 0 Å². The van der Waals surface area contributed by atoms with Crippen LogP contribution in [-0.4, -0.2) is 221 Å². The number of nitrogens with zero attached hydrogens (tertiary/aromatic N) is 6. The SMILES string of the molecule is NC(N)=NCCC[C@H](NC(=O)CN1CC[C@@H](N[C@@H](CO)C(=O)N[C@@H](Cc2cccs2)C(=O)NCC(=O)N2CCC(O)[C@H]2C(=O)N2CCC[C@H]2C(=O)N[C@@H](CCCN=C(N)N)C(=O)N[C@@H](C=O)CCCN=C(N)N)C1=O)C(=O)O. The second-order valence-corrected chi connectivity index (χ2v) is 19.8. The van der Waals surface area contributed by atoms with E-state index in [1.54, 1.807) is 17.5 Å². The zero-order valence-electron chi connectivity index (χ0n) is 43.1. The number of hydrogen-bond acceptors (Lipinski definition) is 17.